The van der Waals surface area contributed by atoms with Crippen LogP contribution in [0.25, 0.3) is 60.9 Å². The minimum absolute atomic E-state index is 0.902. The van der Waals surface area contributed by atoms with E-state index in [-0.39, 0.29) is 0 Å². The quantitative estimate of drug-likeness (QED) is 0.243. The van der Waals surface area contributed by atoms with Crippen molar-refractivity contribution in [3.05, 3.63) is 107 Å². The monoisotopic (exact) mass is 446 g/mol. The molecular formula is C31H18N4. The lowest BCUT2D eigenvalue weighted by molar-refractivity contribution is 1.16. The summed E-state index contributed by atoms with van der Waals surface area (Å²) in [7, 11) is 0. The fraction of sp³-hybridized carbons (Fsp3) is 0.0645. The second kappa shape index (κ2) is 6.10. The first-order valence-corrected chi connectivity index (χ1v) is 12.0. The molecule has 0 amide bonds. The summed E-state index contributed by atoms with van der Waals surface area (Å²) in [6.07, 6.45) is 5.67. The molecule has 0 N–H and O–H groups in total. The van der Waals surface area contributed by atoms with Crippen molar-refractivity contribution in [2.75, 3.05) is 0 Å². The maximum absolute atomic E-state index is 5.13. The summed E-state index contributed by atoms with van der Waals surface area (Å²) in [4.78, 5) is 14.5. The molecule has 0 spiro atoms. The average Bonchev–Trinajstić information content (AvgIpc) is 3.58. The highest BCUT2D eigenvalue weighted by Gasteiger charge is 2.28. The first-order valence-electron chi connectivity index (χ1n) is 12.0. The molecule has 7 aromatic rings. The van der Waals surface area contributed by atoms with E-state index in [4.69, 9.17) is 9.97 Å². The molecule has 3 aromatic carbocycles. The van der Waals surface area contributed by atoms with Gasteiger partial charge < -0.3 is 0 Å². The number of pyridine rings is 3. The molecule has 4 aromatic heterocycles. The van der Waals surface area contributed by atoms with Crippen molar-refractivity contribution in [1.82, 2.24) is 19.4 Å². The number of fused-ring (bicyclic) bond motifs is 15. The lowest BCUT2D eigenvalue weighted by atomic mass is 9.96. The minimum Gasteiger partial charge on any atom is -0.290 e. The minimum atomic E-state index is 0.902. The van der Waals surface area contributed by atoms with Gasteiger partial charge in [-0.3, -0.25) is 14.4 Å². The predicted molar refractivity (Wildman–Crippen MR) is 140 cm³/mol. The second-order valence-corrected chi connectivity index (χ2v) is 9.67. The number of benzene rings is 3. The van der Waals surface area contributed by atoms with E-state index in [9.17, 15) is 0 Å². The van der Waals surface area contributed by atoms with Gasteiger partial charge in [0, 0.05) is 17.8 Å². The zero-order valence-corrected chi connectivity index (χ0v) is 18.8. The van der Waals surface area contributed by atoms with E-state index in [1.807, 2.05) is 24.5 Å². The Hall–Kier alpha value is -4.57. The van der Waals surface area contributed by atoms with Crippen molar-refractivity contribution in [2.24, 2.45) is 0 Å². The van der Waals surface area contributed by atoms with Crippen LogP contribution in [-0.4, -0.2) is 19.4 Å². The van der Waals surface area contributed by atoms with Crippen LogP contribution in [0.15, 0.2) is 85.2 Å². The molecule has 0 fully saturated rings. The number of nitrogens with zero attached hydrogens (tertiary/aromatic N) is 4. The maximum atomic E-state index is 5.13. The van der Waals surface area contributed by atoms with Gasteiger partial charge in [0.25, 0.3) is 0 Å². The Morgan fingerprint density at radius 3 is 2.29 bits per heavy atom. The first kappa shape index (κ1) is 17.8. The Morgan fingerprint density at radius 2 is 1.37 bits per heavy atom. The van der Waals surface area contributed by atoms with Crippen LogP contribution in [0.5, 0.6) is 0 Å². The molecule has 0 radical (unpaired) electrons. The molecular weight excluding hydrogens is 428 g/mol. The van der Waals surface area contributed by atoms with Gasteiger partial charge in [0.2, 0.25) is 0 Å². The van der Waals surface area contributed by atoms with Crippen LogP contribution in [-0.2, 0) is 12.8 Å². The van der Waals surface area contributed by atoms with Crippen LogP contribution in [0.3, 0.4) is 0 Å². The van der Waals surface area contributed by atoms with Crippen LogP contribution in [0, 0.1) is 0 Å². The van der Waals surface area contributed by atoms with Crippen LogP contribution in [0.4, 0.5) is 0 Å². The highest BCUT2D eigenvalue weighted by atomic mass is 15.0. The second-order valence-electron chi connectivity index (χ2n) is 9.67. The lowest BCUT2D eigenvalue weighted by Gasteiger charge is -2.08. The van der Waals surface area contributed by atoms with Gasteiger partial charge >= 0.3 is 0 Å². The Morgan fingerprint density at radius 1 is 0.600 bits per heavy atom. The number of imidazole rings is 1. The zero-order chi connectivity index (χ0) is 22.7. The standard InChI is InChI=1S/C31H18N4/c1-2-6-19-17(5-1)13-24-20(19)9-10-21-23-16-28-26(15-18(23)14-25(21)24)34-31-22-7-3-11-32-29(22)30-27(35(28)31)8-4-12-33-30/h1-12,15-16H,13-14H2. The van der Waals surface area contributed by atoms with E-state index in [0.29, 0.717) is 0 Å². The number of rotatable bonds is 0. The molecule has 0 atom stereocenters. The summed E-state index contributed by atoms with van der Waals surface area (Å²) >= 11 is 0. The van der Waals surface area contributed by atoms with E-state index in [2.05, 4.69) is 70.0 Å². The van der Waals surface area contributed by atoms with Crippen molar-refractivity contribution < 1.29 is 0 Å². The molecule has 4 nitrogen and oxygen atoms in total. The van der Waals surface area contributed by atoms with Crippen molar-refractivity contribution >= 4 is 38.6 Å². The highest BCUT2D eigenvalue weighted by Crippen LogP contribution is 2.47. The molecule has 0 saturated heterocycles. The molecule has 9 rings (SSSR count). The van der Waals surface area contributed by atoms with Gasteiger partial charge in [-0.1, -0.05) is 36.4 Å². The third-order valence-corrected chi connectivity index (χ3v) is 7.94. The van der Waals surface area contributed by atoms with Crippen molar-refractivity contribution in [2.45, 2.75) is 12.8 Å². The Labute approximate surface area is 200 Å². The maximum Gasteiger partial charge on any atom is 0.148 e. The SMILES string of the molecule is c1ccc2c(c1)Cc1c-2ccc2c1Cc1cc3nc4c5cccnc5c5ncccc5n4c3cc1-2. The van der Waals surface area contributed by atoms with Gasteiger partial charge in [-0.25, -0.2) is 4.98 Å². The fourth-order valence-corrected chi connectivity index (χ4v) is 6.44. The Bertz CT molecular complexity index is 2070. The Balaban J connectivity index is 1.36. The fourth-order valence-electron chi connectivity index (χ4n) is 6.44. The average molecular weight is 447 g/mol. The zero-order valence-electron chi connectivity index (χ0n) is 18.8. The normalized spacial score (nSPS) is 13.5. The van der Waals surface area contributed by atoms with E-state index >= 15 is 0 Å². The van der Waals surface area contributed by atoms with E-state index in [0.717, 1.165) is 51.5 Å². The van der Waals surface area contributed by atoms with Gasteiger partial charge in [0.05, 0.1) is 16.6 Å². The van der Waals surface area contributed by atoms with Gasteiger partial charge in [-0.2, -0.15) is 0 Å². The van der Waals surface area contributed by atoms with Crippen molar-refractivity contribution in [3.8, 4) is 22.3 Å². The number of hydrogen-bond acceptors (Lipinski definition) is 3. The third-order valence-electron chi connectivity index (χ3n) is 7.94. The van der Waals surface area contributed by atoms with Crippen molar-refractivity contribution in [1.29, 1.82) is 0 Å². The molecule has 2 aliphatic rings. The topological polar surface area (TPSA) is 43.1 Å². The van der Waals surface area contributed by atoms with Crippen LogP contribution in [0.1, 0.15) is 22.3 Å². The highest BCUT2D eigenvalue weighted by molar-refractivity contribution is 6.10. The molecule has 4 heteroatoms. The third kappa shape index (κ3) is 2.15. The van der Waals surface area contributed by atoms with Crippen LogP contribution >= 0.6 is 0 Å². The van der Waals surface area contributed by atoms with Gasteiger partial charge in [-0.05, 0) is 93.7 Å². The Kier molecular flexibility index (Phi) is 3.11. The lowest BCUT2D eigenvalue weighted by Crippen LogP contribution is -1.94. The summed E-state index contributed by atoms with van der Waals surface area (Å²) in [6, 6.07) is 26.3. The van der Waals surface area contributed by atoms with Crippen LogP contribution in [0.2, 0.25) is 0 Å². The molecule has 0 unspecified atom stereocenters. The van der Waals surface area contributed by atoms with Gasteiger partial charge in [0.1, 0.15) is 16.7 Å². The molecule has 2 aliphatic carbocycles. The molecule has 0 aliphatic heterocycles. The molecule has 0 bridgehead atoms. The van der Waals surface area contributed by atoms with Crippen LogP contribution < -0.4 is 0 Å². The summed E-state index contributed by atoms with van der Waals surface area (Å²) in [5.74, 6) is 0. The van der Waals surface area contributed by atoms with Crippen molar-refractivity contribution in [3.63, 3.8) is 0 Å². The molecule has 0 saturated carbocycles. The summed E-state index contributed by atoms with van der Waals surface area (Å²) in [6.45, 7) is 0. The van der Waals surface area contributed by atoms with Gasteiger partial charge in [0.15, 0.2) is 0 Å². The summed E-state index contributed by atoms with van der Waals surface area (Å²) in [5, 5.41) is 1.03. The first-order chi connectivity index (χ1) is 17.3. The largest absolute Gasteiger partial charge is 0.290 e. The van der Waals surface area contributed by atoms with E-state index in [1.54, 1.807) is 0 Å². The predicted octanol–water partition coefficient (Wildman–Crippen LogP) is 6.73. The molecule has 162 valence electrons. The summed E-state index contributed by atoms with van der Waals surface area (Å²) in [5.41, 5.74) is 17.2. The summed E-state index contributed by atoms with van der Waals surface area (Å²) < 4.78 is 2.27. The van der Waals surface area contributed by atoms with E-state index < -0.39 is 0 Å². The van der Waals surface area contributed by atoms with E-state index in [1.165, 1.54) is 44.5 Å². The smallest absolute Gasteiger partial charge is 0.148 e. The number of hydrogen-bond donors (Lipinski definition) is 0. The van der Waals surface area contributed by atoms with Gasteiger partial charge in [-0.15, -0.1) is 0 Å². The molecule has 35 heavy (non-hydrogen) atoms. The number of aromatic nitrogens is 4. The molecule has 4 heterocycles.